The minimum absolute atomic E-state index is 0.0972. The van der Waals surface area contributed by atoms with E-state index in [9.17, 15) is 10.1 Å². The SMILES string of the molecule is CCC(CC)CCCc1sc([N+](=O)[O-])nc1N. The van der Waals surface area contributed by atoms with E-state index >= 15 is 0 Å². The van der Waals surface area contributed by atoms with Crippen molar-refractivity contribution in [3.63, 3.8) is 0 Å². The summed E-state index contributed by atoms with van der Waals surface area (Å²) in [5.41, 5.74) is 5.66. The zero-order valence-corrected chi connectivity index (χ0v) is 11.1. The first-order valence-corrected chi connectivity index (χ1v) is 6.79. The first kappa shape index (κ1) is 13.9. The first-order valence-electron chi connectivity index (χ1n) is 5.98. The Morgan fingerprint density at radius 1 is 1.47 bits per heavy atom. The second kappa shape index (κ2) is 6.54. The molecule has 0 amide bonds. The lowest BCUT2D eigenvalue weighted by Crippen LogP contribution is -1.98. The van der Waals surface area contributed by atoms with Crippen molar-refractivity contribution in [2.75, 3.05) is 5.73 Å². The van der Waals surface area contributed by atoms with Gasteiger partial charge in [0.05, 0.1) is 4.88 Å². The highest BCUT2D eigenvalue weighted by Gasteiger charge is 2.18. The fourth-order valence-electron chi connectivity index (χ4n) is 1.86. The zero-order chi connectivity index (χ0) is 12.8. The standard InChI is InChI=1S/C11H19N3O2S/c1-3-8(4-2)6-5-7-9-10(12)13-11(17-9)14(15)16/h8H,3-7,12H2,1-2H3. The lowest BCUT2D eigenvalue weighted by molar-refractivity contribution is -0.384. The van der Waals surface area contributed by atoms with Crippen LogP contribution in [0.3, 0.4) is 0 Å². The molecule has 0 bridgehead atoms. The summed E-state index contributed by atoms with van der Waals surface area (Å²) in [7, 11) is 0. The molecule has 0 saturated carbocycles. The van der Waals surface area contributed by atoms with Crippen molar-refractivity contribution in [3.05, 3.63) is 15.0 Å². The molecule has 2 N–H and O–H groups in total. The van der Waals surface area contributed by atoms with E-state index in [-0.39, 0.29) is 5.13 Å². The number of anilines is 1. The van der Waals surface area contributed by atoms with E-state index in [4.69, 9.17) is 5.73 Å². The lowest BCUT2D eigenvalue weighted by atomic mass is 9.96. The number of nitrogens with zero attached hydrogens (tertiary/aromatic N) is 2. The number of rotatable bonds is 7. The Morgan fingerprint density at radius 3 is 2.59 bits per heavy atom. The van der Waals surface area contributed by atoms with Gasteiger partial charge in [-0.3, -0.25) is 0 Å². The average Bonchev–Trinajstić information content (AvgIpc) is 2.67. The quantitative estimate of drug-likeness (QED) is 0.599. The van der Waals surface area contributed by atoms with Crippen LogP contribution in [0.2, 0.25) is 0 Å². The number of nitrogen functional groups attached to an aromatic ring is 1. The van der Waals surface area contributed by atoms with Gasteiger partial charge in [-0.1, -0.05) is 33.1 Å². The molecule has 0 saturated heterocycles. The van der Waals surface area contributed by atoms with Gasteiger partial charge in [0, 0.05) is 0 Å². The molecular formula is C11H19N3O2S. The zero-order valence-electron chi connectivity index (χ0n) is 10.3. The summed E-state index contributed by atoms with van der Waals surface area (Å²) < 4.78 is 0. The Kier molecular flexibility index (Phi) is 5.34. The van der Waals surface area contributed by atoms with Crippen LogP contribution in [0.5, 0.6) is 0 Å². The van der Waals surface area contributed by atoms with E-state index in [1.165, 1.54) is 12.8 Å². The van der Waals surface area contributed by atoms with Gasteiger partial charge in [-0.15, -0.1) is 0 Å². The van der Waals surface area contributed by atoms with Gasteiger partial charge in [-0.2, -0.15) is 0 Å². The number of aryl methyl sites for hydroxylation is 1. The van der Waals surface area contributed by atoms with Gasteiger partial charge in [0.2, 0.25) is 0 Å². The third-order valence-electron chi connectivity index (χ3n) is 3.04. The molecule has 1 rings (SSSR count). The van der Waals surface area contributed by atoms with Crippen molar-refractivity contribution >= 4 is 22.3 Å². The normalized spacial score (nSPS) is 11.0. The second-order valence-corrected chi connectivity index (χ2v) is 5.20. The highest BCUT2D eigenvalue weighted by atomic mass is 32.1. The van der Waals surface area contributed by atoms with Crippen LogP contribution in [-0.4, -0.2) is 9.91 Å². The Bertz CT molecular complexity index is 375. The molecule has 17 heavy (non-hydrogen) atoms. The average molecular weight is 257 g/mol. The van der Waals surface area contributed by atoms with Crippen LogP contribution in [0.15, 0.2) is 0 Å². The van der Waals surface area contributed by atoms with Gasteiger partial charge < -0.3 is 15.8 Å². The third kappa shape index (κ3) is 3.96. The third-order valence-corrected chi connectivity index (χ3v) is 4.13. The molecule has 0 fully saturated rings. The minimum atomic E-state index is -0.481. The number of hydrogen-bond donors (Lipinski definition) is 1. The fraction of sp³-hybridized carbons (Fsp3) is 0.727. The van der Waals surface area contributed by atoms with Gasteiger partial charge in [0.25, 0.3) is 5.82 Å². The maximum absolute atomic E-state index is 10.5. The van der Waals surface area contributed by atoms with Gasteiger partial charge in [-0.05, 0) is 40.0 Å². The highest BCUT2D eigenvalue weighted by molar-refractivity contribution is 7.15. The van der Waals surface area contributed by atoms with Crippen LogP contribution >= 0.6 is 11.3 Å². The Balaban J connectivity index is 2.49. The summed E-state index contributed by atoms with van der Waals surface area (Å²) in [6, 6.07) is 0. The largest absolute Gasteiger partial charge is 0.425 e. The Labute approximate surface area is 105 Å². The molecule has 5 nitrogen and oxygen atoms in total. The number of thiazole rings is 1. The molecule has 1 aromatic rings. The van der Waals surface area contributed by atoms with Gasteiger partial charge >= 0.3 is 5.13 Å². The van der Waals surface area contributed by atoms with Crippen LogP contribution in [0.4, 0.5) is 10.9 Å². The molecule has 0 spiro atoms. The van der Waals surface area contributed by atoms with E-state index in [1.54, 1.807) is 0 Å². The first-order chi connectivity index (χ1) is 8.08. The monoisotopic (exact) mass is 257 g/mol. The Hall–Kier alpha value is -1.17. The molecule has 0 radical (unpaired) electrons. The van der Waals surface area contributed by atoms with E-state index in [0.29, 0.717) is 5.82 Å². The van der Waals surface area contributed by atoms with Gasteiger partial charge in [0.15, 0.2) is 0 Å². The molecule has 96 valence electrons. The predicted molar refractivity (Wildman–Crippen MR) is 70.2 cm³/mol. The van der Waals surface area contributed by atoms with Crippen molar-refractivity contribution in [2.45, 2.75) is 46.0 Å². The van der Waals surface area contributed by atoms with Crippen LogP contribution in [0, 0.1) is 16.0 Å². The lowest BCUT2D eigenvalue weighted by Gasteiger charge is -2.10. The molecule has 0 aromatic carbocycles. The Morgan fingerprint density at radius 2 is 2.12 bits per heavy atom. The van der Waals surface area contributed by atoms with Crippen LogP contribution < -0.4 is 5.73 Å². The molecule has 0 aliphatic carbocycles. The smallest absolute Gasteiger partial charge is 0.362 e. The van der Waals surface area contributed by atoms with Crippen LogP contribution in [-0.2, 0) is 6.42 Å². The topological polar surface area (TPSA) is 82.0 Å². The van der Waals surface area contributed by atoms with Crippen molar-refractivity contribution in [1.29, 1.82) is 0 Å². The molecule has 6 heteroatoms. The van der Waals surface area contributed by atoms with Crippen molar-refractivity contribution in [2.24, 2.45) is 5.92 Å². The summed E-state index contributed by atoms with van der Waals surface area (Å²) in [6.45, 7) is 4.39. The van der Waals surface area contributed by atoms with E-state index in [0.717, 1.165) is 41.4 Å². The molecule has 0 aliphatic heterocycles. The molecule has 0 aliphatic rings. The fourth-order valence-corrected chi connectivity index (χ4v) is 2.69. The number of nitro groups is 1. The summed E-state index contributed by atoms with van der Waals surface area (Å²) >= 11 is 1.10. The number of nitrogens with two attached hydrogens (primary N) is 1. The maximum atomic E-state index is 10.5. The summed E-state index contributed by atoms with van der Waals surface area (Å²) in [5.74, 6) is 1.07. The summed E-state index contributed by atoms with van der Waals surface area (Å²) in [5, 5.41) is 10.4. The molecule has 0 unspecified atom stereocenters. The van der Waals surface area contributed by atoms with E-state index < -0.39 is 4.92 Å². The molecular weight excluding hydrogens is 238 g/mol. The summed E-state index contributed by atoms with van der Waals surface area (Å²) in [4.78, 5) is 14.7. The van der Waals surface area contributed by atoms with Crippen LogP contribution in [0.1, 0.15) is 44.4 Å². The van der Waals surface area contributed by atoms with Crippen molar-refractivity contribution < 1.29 is 4.92 Å². The number of aromatic nitrogens is 1. The summed E-state index contributed by atoms with van der Waals surface area (Å²) in [6.07, 6.45) is 5.35. The molecule has 0 atom stereocenters. The van der Waals surface area contributed by atoms with E-state index in [1.807, 2.05) is 0 Å². The van der Waals surface area contributed by atoms with Gasteiger partial charge in [0.1, 0.15) is 0 Å². The molecule has 1 aromatic heterocycles. The highest BCUT2D eigenvalue weighted by Crippen LogP contribution is 2.28. The second-order valence-electron chi connectivity index (χ2n) is 4.14. The predicted octanol–water partition coefficient (Wildman–Crippen LogP) is 3.39. The van der Waals surface area contributed by atoms with Crippen molar-refractivity contribution in [1.82, 2.24) is 4.98 Å². The molecule has 1 heterocycles. The number of hydrogen-bond acceptors (Lipinski definition) is 5. The van der Waals surface area contributed by atoms with Crippen molar-refractivity contribution in [3.8, 4) is 0 Å². The minimum Gasteiger partial charge on any atom is -0.362 e. The van der Waals surface area contributed by atoms with Gasteiger partial charge in [-0.25, -0.2) is 0 Å². The van der Waals surface area contributed by atoms with Crippen LogP contribution in [0.25, 0.3) is 0 Å². The maximum Gasteiger partial charge on any atom is 0.425 e. The van der Waals surface area contributed by atoms with E-state index in [2.05, 4.69) is 18.8 Å².